The van der Waals surface area contributed by atoms with Gasteiger partial charge in [-0.05, 0) is 46.3 Å². The highest BCUT2D eigenvalue weighted by molar-refractivity contribution is 9.10. The standard InChI is InChI=1S/C22H16BrN3O6/c1-30-20-7-3-14(10-21(20)31-2)25-22(27)13(12-24)9-16-5-8-19(32-16)17-6-4-15(26(28)29)11-18(17)23/h3-11H,1-2H3,(H,25,27)/b13-9+. The van der Waals surface area contributed by atoms with Gasteiger partial charge in [0.05, 0.1) is 19.1 Å². The fourth-order valence-electron chi connectivity index (χ4n) is 2.80. The lowest BCUT2D eigenvalue weighted by Gasteiger charge is -2.10. The van der Waals surface area contributed by atoms with Gasteiger partial charge in [0.2, 0.25) is 0 Å². The maximum absolute atomic E-state index is 12.5. The summed E-state index contributed by atoms with van der Waals surface area (Å²) in [6.45, 7) is 0. The van der Waals surface area contributed by atoms with E-state index in [0.29, 0.717) is 33.0 Å². The molecule has 0 radical (unpaired) electrons. The van der Waals surface area contributed by atoms with Gasteiger partial charge in [0.15, 0.2) is 11.5 Å². The molecule has 0 saturated carbocycles. The van der Waals surface area contributed by atoms with Gasteiger partial charge in [0.1, 0.15) is 23.2 Å². The SMILES string of the molecule is COc1ccc(NC(=O)/C(C#N)=C/c2ccc(-c3ccc([N+](=O)[O-])cc3Br)o2)cc1OC. The van der Waals surface area contributed by atoms with E-state index in [0.717, 1.165) is 0 Å². The van der Waals surface area contributed by atoms with Crippen LogP contribution in [0.1, 0.15) is 5.76 Å². The number of amides is 1. The van der Waals surface area contributed by atoms with Gasteiger partial charge >= 0.3 is 0 Å². The molecule has 1 heterocycles. The van der Waals surface area contributed by atoms with Gasteiger partial charge in [-0.25, -0.2) is 0 Å². The van der Waals surface area contributed by atoms with Gasteiger partial charge in [-0.2, -0.15) is 5.26 Å². The second-order valence-electron chi connectivity index (χ2n) is 6.32. The number of carbonyl (C=O) groups is 1. The van der Waals surface area contributed by atoms with E-state index >= 15 is 0 Å². The third-order valence-corrected chi connectivity index (χ3v) is 5.00. The molecule has 10 heteroatoms. The number of methoxy groups -OCH3 is 2. The first kappa shape index (κ1) is 22.6. The number of carbonyl (C=O) groups excluding carboxylic acids is 1. The van der Waals surface area contributed by atoms with E-state index in [4.69, 9.17) is 13.9 Å². The quantitative estimate of drug-likeness (QED) is 0.206. The summed E-state index contributed by atoms with van der Waals surface area (Å²) in [7, 11) is 2.97. The molecule has 0 aliphatic heterocycles. The number of rotatable bonds is 7. The zero-order chi connectivity index (χ0) is 23.3. The molecule has 0 fully saturated rings. The number of furan rings is 1. The van der Waals surface area contributed by atoms with Crippen molar-refractivity contribution in [1.82, 2.24) is 0 Å². The molecule has 0 unspecified atom stereocenters. The number of nitro benzene ring substituents is 1. The molecule has 0 bridgehead atoms. The molecule has 1 N–H and O–H groups in total. The Kier molecular flexibility index (Phi) is 6.92. The number of ether oxygens (including phenoxy) is 2. The van der Waals surface area contributed by atoms with Crippen LogP contribution in [-0.2, 0) is 4.79 Å². The minimum atomic E-state index is -0.630. The average Bonchev–Trinajstić information content (AvgIpc) is 3.25. The summed E-state index contributed by atoms with van der Waals surface area (Å²) in [6, 6.07) is 14.2. The fourth-order valence-corrected chi connectivity index (χ4v) is 3.36. The highest BCUT2D eigenvalue weighted by atomic mass is 79.9. The summed E-state index contributed by atoms with van der Waals surface area (Å²) in [5.74, 6) is 0.980. The Balaban J connectivity index is 1.82. The first-order chi connectivity index (χ1) is 15.4. The Morgan fingerprint density at radius 1 is 1.16 bits per heavy atom. The van der Waals surface area contributed by atoms with E-state index in [1.54, 1.807) is 36.4 Å². The van der Waals surface area contributed by atoms with Crippen molar-refractivity contribution in [3.05, 3.63) is 74.5 Å². The van der Waals surface area contributed by atoms with Gasteiger partial charge in [-0.3, -0.25) is 14.9 Å². The van der Waals surface area contributed by atoms with Crippen LogP contribution in [0.25, 0.3) is 17.4 Å². The zero-order valence-corrected chi connectivity index (χ0v) is 18.5. The minimum absolute atomic E-state index is 0.0640. The maximum atomic E-state index is 12.5. The van der Waals surface area contributed by atoms with Crippen LogP contribution in [0.3, 0.4) is 0 Å². The Bertz CT molecular complexity index is 1260. The third kappa shape index (κ3) is 4.96. The number of nitriles is 1. The van der Waals surface area contributed by atoms with Gasteiger partial charge < -0.3 is 19.2 Å². The van der Waals surface area contributed by atoms with E-state index in [1.807, 2.05) is 6.07 Å². The van der Waals surface area contributed by atoms with Crippen LogP contribution < -0.4 is 14.8 Å². The molecular formula is C22H16BrN3O6. The normalized spacial score (nSPS) is 10.9. The van der Waals surface area contributed by atoms with Crippen molar-refractivity contribution in [2.24, 2.45) is 0 Å². The largest absolute Gasteiger partial charge is 0.493 e. The van der Waals surface area contributed by atoms with Crippen LogP contribution in [0.2, 0.25) is 0 Å². The van der Waals surface area contributed by atoms with Crippen molar-refractivity contribution in [2.45, 2.75) is 0 Å². The first-order valence-corrected chi connectivity index (χ1v) is 9.85. The number of nitrogens with zero attached hydrogens (tertiary/aromatic N) is 2. The van der Waals surface area contributed by atoms with Gasteiger partial charge in [-0.1, -0.05) is 0 Å². The topological polar surface area (TPSA) is 128 Å². The molecule has 3 rings (SSSR count). The number of halogens is 1. The fraction of sp³-hybridized carbons (Fsp3) is 0.0909. The number of benzene rings is 2. The minimum Gasteiger partial charge on any atom is -0.493 e. The predicted molar refractivity (Wildman–Crippen MR) is 120 cm³/mol. The van der Waals surface area contributed by atoms with Crippen LogP contribution in [-0.4, -0.2) is 25.1 Å². The number of hydrogen-bond acceptors (Lipinski definition) is 7. The number of non-ortho nitro benzene ring substituents is 1. The molecule has 2 aromatic carbocycles. The van der Waals surface area contributed by atoms with Crippen LogP contribution >= 0.6 is 15.9 Å². The Morgan fingerprint density at radius 2 is 1.91 bits per heavy atom. The van der Waals surface area contributed by atoms with Crippen molar-refractivity contribution >= 4 is 39.3 Å². The van der Waals surface area contributed by atoms with Crippen molar-refractivity contribution in [2.75, 3.05) is 19.5 Å². The number of nitro groups is 1. The van der Waals surface area contributed by atoms with Crippen LogP contribution in [0.15, 0.2) is 63.0 Å². The van der Waals surface area contributed by atoms with Crippen LogP contribution in [0.4, 0.5) is 11.4 Å². The van der Waals surface area contributed by atoms with E-state index < -0.39 is 10.8 Å². The lowest BCUT2D eigenvalue weighted by molar-refractivity contribution is -0.384. The smallest absolute Gasteiger partial charge is 0.270 e. The van der Waals surface area contributed by atoms with E-state index in [9.17, 15) is 20.2 Å². The summed E-state index contributed by atoms with van der Waals surface area (Å²) in [6.07, 6.45) is 1.30. The van der Waals surface area contributed by atoms with Crippen LogP contribution in [0.5, 0.6) is 11.5 Å². The lowest BCUT2D eigenvalue weighted by atomic mass is 10.1. The van der Waals surface area contributed by atoms with Crippen LogP contribution in [0, 0.1) is 21.4 Å². The number of anilines is 1. The maximum Gasteiger partial charge on any atom is 0.270 e. The molecule has 3 aromatic rings. The number of nitrogens with one attached hydrogen (secondary N) is 1. The van der Waals surface area contributed by atoms with E-state index in [-0.39, 0.29) is 17.0 Å². The Labute approximate surface area is 191 Å². The molecule has 0 aliphatic carbocycles. The molecule has 1 aromatic heterocycles. The van der Waals surface area contributed by atoms with Crippen molar-refractivity contribution in [3.8, 4) is 28.9 Å². The van der Waals surface area contributed by atoms with Crippen molar-refractivity contribution in [3.63, 3.8) is 0 Å². The third-order valence-electron chi connectivity index (χ3n) is 4.35. The second kappa shape index (κ2) is 9.80. The summed E-state index contributed by atoms with van der Waals surface area (Å²) in [5, 5.41) is 23.0. The van der Waals surface area contributed by atoms with Gasteiger partial charge in [-0.15, -0.1) is 0 Å². The molecule has 162 valence electrons. The lowest BCUT2D eigenvalue weighted by Crippen LogP contribution is -2.13. The van der Waals surface area contributed by atoms with Crippen molar-refractivity contribution < 1.29 is 23.6 Å². The molecule has 0 saturated heterocycles. The average molecular weight is 498 g/mol. The van der Waals surface area contributed by atoms with E-state index in [1.165, 1.54) is 32.4 Å². The Hall–Kier alpha value is -4.10. The van der Waals surface area contributed by atoms with Crippen molar-refractivity contribution in [1.29, 1.82) is 5.26 Å². The van der Waals surface area contributed by atoms with Gasteiger partial charge in [0.25, 0.3) is 11.6 Å². The summed E-state index contributed by atoms with van der Waals surface area (Å²) < 4.78 is 16.5. The second-order valence-corrected chi connectivity index (χ2v) is 7.17. The highest BCUT2D eigenvalue weighted by Crippen LogP contribution is 2.33. The van der Waals surface area contributed by atoms with E-state index in [2.05, 4.69) is 21.2 Å². The molecule has 0 spiro atoms. The summed E-state index contributed by atoms with van der Waals surface area (Å²) in [4.78, 5) is 22.9. The van der Waals surface area contributed by atoms with Gasteiger partial charge in [0, 0.05) is 40.0 Å². The monoisotopic (exact) mass is 497 g/mol. The first-order valence-electron chi connectivity index (χ1n) is 9.05. The zero-order valence-electron chi connectivity index (χ0n) is 16.9. The molecular weight excluding hydrogens is 482 g/mol. The predicted octanol–water partition coefficient (Wildman–Crippen LogP) is 5.18. The molecule has 9 nitrogen and oxygen atoms in total. The summed E-state index contributed by atoms with van der Waals surface area (Å²) in [5.41, 5.74) is 0.765. The summed E-state index contributed by atoms with van der Waals surface area (Å²) >= 11 is 3.29. The molecule has 0 aliphatic rings. The molecule has 32 heavy (non-hydrogen) atoms. The number of hydrogen-bond donors (Lipinski definition) is 1. The highest BCUT2D eigenvalue weighted by Gasteiger charge is 2.15. The Morgan fingerprint density at radius 3 is 2.53 bits per heavy atom. The molecule has 1 amide bonds. The molecule has 0 atom stereocenters.